The van der Waals surface area contributed by atoms with Crippen molar-refractivity contribution in [3.8, 4) is 11.5 Å². The maximum atomic E-state index is 12.6. The monoisotopic (exact) mass is 369 g/mol. The average molecular weight is 369 g/mol. The van der Waals surface area contributed by atoms with E-state index in [1.54, 1.807) is 30.3 Å². The molecule has 1 aliphatic heterocycles. The first-order chi connectivity index (χ1) is 13.0. The summed E-state index contributed by atoms with van der Waals surface area (Å²) < 4.78 is 5.11. The van der Waals surface area contributed by atoms with Crippen LogP contribution in [0.5, 0.6) is 11.5 Å². The molecule has 3 rings (SSSR count). The van der Waals surface area contributed by atoms with Crippen LogP contribution in [0, 0.1) is 0 Å². The number of likely N-dealkylation sites (tertiary alicyclic amines) is 1. The van der Waals surface area contributed by atoms with Gasteiger partial charge in [0.1, 0.15) is 5.76 Å². The van der Waals surface area contributed by atoms with Crippen molar-refractivity contribution in [1.29, 1.82) is 0 Å². The second kappa shape index (κ2) is 7.51. The number of hydrogen-bond acceptors (Lipinski definition) is 6. The van der Waals surface area contributed by atoms with Gasteiger partial charge < -0.3 is 25.0 Å². The van der Waals surface area contributed by atoms with Gasteiger partial charge in [0.2, 0.25) is 0 Å². The van der Waals surface area contributed by atoms with Gasteiger partial charge in [-0.1, -0.05) is 36.4 Å². The number of ketones is 1. The smallest absolute Gasteiger partial charge is 0.295 e. The van der Waals surface area contributed by atoms with E-state index in [0.29, 0.717) is 11.1 Å². The third-order valence-electron chi connectivity index (χ3n) is 4.45. The van der Waals surface area contributed by atoms with Crippen molar-refractivity contribution in [1.82, 2.24) is 4.90 Å². The number of carbonyl (C=O) groups excluding carboxylic acids is 2. The molecule has 1 saturated heterocycles. The van der Waals surface area contributed by atoms with Gasteiger partial charge in [-0.05, 0) is 17.7 Å². The van der Waals surface area contributed by atoms with E-state index in [2.05, 4.69) is 0 Å². The molecule has 0 aliphatic carbocycles. The Hall–Kier alpha value is -3.32. The average Bonchev–Trinajstić information content (AvgIpc) is 2.94. The molecule has 1 amide bonds. The number of aliphatic hydroxyl groups excluding tert-OH is 2. The summed E-state index contributed by atoms with van der Waals surface area (Å²) in [5.74, 6) is -1.86. The molecule has 3 N–H and O–H groups in total. The number of carbonyl (C=O) groups is 2. The second-order valence-corrected chi connectivity index (χ2v) is 6.01. The fourth-order valence-corrected chi connectivity index (χ4v) is 3.18. The highest BCUT2D eigenvalue weighted by atomic mass is 16.5. The summed E-state index contributed by atoms with van der Waals surface area (Å²) in [6.07, 6.45) is 0. The van der Waals surface area contributed by atoms with Crippen molar-refractivity contribution in [2.45, 2.75) is 6.04 Å². The standard InChI is InChI=1S/C20H19NO6/c1-27-15-11-13(7-8-14(15)23)17-16(18(24)12-5-3-2-4-6-12)19(25)20(26)21(17)9-10-22/h2-8,11,17,22-24H,9-10H2,1H3/b18-16+/t17-/m0/s1. The quantitative estimate of drug-likeness (QED) is 0.422. The third kappa shape index (κ3) is 3.24. The fraction of sp³-hybridized carbons (Fsp3) is 0.200. The first kappa shape index (κ1) is 18.5. The lowest BCUT2D eigenvalue weighted by Crippen LogP contribution is -2.32. The summed E-state index contributed by atoms with van der Waals surface area (Å²) in [5, 5.41) is 29.9. The van der Waals surface area contributed by atoms with Crippen LogP contribution < -0.4 is 4.74 Å². The van der Waals surface area contributed by atoms with Crippen molar-refractivity contribution in [2.24, 2.45) is 0 Å². The molecule has 1 heterocycles. The zero-order chi connectivity index (χ0) is 19.6. The predicted molar refractivity (Wildman–Crippen MR) is 97.2 cm³/mol. The summed E-state index contributed by atoms with van der Waals surface area (Å²) in [5.41, 5.74) is 0.789. The van der Waals surface area contributed by atoms with Crippen LogP contribution in [-0.2, 0) is 9.59 Å². The van der Waals surface area contributed by atoms with Crippen molar-refractivity contribution >= 4 is 17.4 Å². The molecule has 2 aromatic rings. The van der Waals surface area contributed by atoms with Gasteiger partial charge in [0.15, 0.2) is 11.5 Å². The highest BCUT2D eigenvalue weighted by Gasteiger charge is 2.46. The number of hydrogen-bond donors (Lipinski definition) is 3. The highest BCUT2D eigenvalue weighted by molar-refractivity contribution is 6.46. The van der Waals surface area contributed by atoms with Crippen molar-refractivity contribution < 1.29 is 29.6 Å². The van der Waals surface area contributed by atoms with E-state index < -0.39 is 17.7 Å². The van der Waals surface area contributed by atoms with E-state index in [1.165, 1.54) is 30.2 Å². The van der Waals surface area contributed by atoms with Crippen molar-refractivity contribution in [2.75, 3.05) is 20.3 Å². The van der Waals surface area contributed by atoms with E-state index in [1.807, 2.05) is 0 Å². The van der Waals surface area contributed by atoms with Crippen LogP contribution in [0.15, 0.2) is 54.1 Å². The van der Waals surface area contributed by atoms with E-state index in [4.69, 9.17) is 4.74 Å². The molecular weight excluding hydrogens is 350 g/mol. The zero-order valence-corrected chi connectivity index (χ0v) is 14.6. The molecule has 0 aromatic heterocycles. The van der Waals surface area contributed by atoms with Gasteiger partial charge in [-0.2, -0.15) is 0 Å². The van der Waals surface area contributed by atoms with Crippen LogP contribution in [0.2, 0.25) is 0 Å². The SMILES string of the molecule is COc1cc([C@H]2/C(=C(\O)c3ccccc3)C(=O)C(=O)N2CCO)ccc1O. The summed E-state index contributed by atoms with van der Waals surface area (Å²) in [4.78, 5) is 26.3. The number of nitrogens with zero attached hydrogens (tertiary/aromatic N) is 1. The lowest BCUT2D eigenvalue weighted by molar-refractivity contribution is -0.140. The molecule has 0 spiro atoms. The van der Waals surface area contributed by atoms with Crippen LogP contribution in [0.1, 0.15) is 17.2 Å². The minimum atomic E-state index is -0.910. The first-order valence-corrected chi connectivity index (χ1v) is 8.31. The summed E-state index contributed by atoms with van der Waals surface area (Å²) in [6.45, 7) is -0.423. The summed E-state index contributed by atoms with van der Waals surface area (Å²) >= 11 is 0. The van der Waals surface area contributed by atoms with Gasteiger partial charge in [-0.15, -0.1) is 0 Å². The normalized spacial score (nSPS) is 18.7. The Kier molecular flexibility index (Phi) is 5.14. The fourth-order valence-electron chi connectivity index (χ4n) is 3.18. The predicted octanol–water partition coefficient (Wildman–Crippen LogP) is 1.81. The van der Waals surface area contributed by atoms with Gasteiger partial charge in [0.05, 0.1) is 25.3 Å². The Balaban J connectivity index is 2.21. The van der Waals surface area contributed by atoms with Gasteiger partial charge in [-0.25, -0.2) is 0 Å². The Bertz CT molecular complexity index is 906. The number of benzene rings is 2. The molecule has 2 aromatic carbocycles. The zero-order valence-electron chi connectivity index (χ0n) is 14.6. The maximum absolute atomic E-state index is 12.6. The molecule has 7 nitrogen and oxygen atoms in total. The van der Waals surface area contributed by atoms with E-state index in [0.717, 1.165) is 0 Å². The van der Waals surface area contributed by atoms with Crippen LogP contribution in [-0.4, -0.2) is 52.2 Å². The van der Waals surface area contributed by atoms with Crippen LogP contribution in [0.3, 0.4) is 0 Å². The molecule has 140 valence electrons. The molecule has 27 heavy (non-hydrogen) atoms. The number of β-amino-alcohol motifs (C(OH)–C–C–N with tert-alkyl or cyclic N) is 1. The van der Waals surface area contributed by atoms with E-state index >= 15 is 0 Å². The van der Waals surface area contributed by atoms with Gasteiger partial charge >= 0.3 is 0 Å². The van der Waals surface area contributed by atoms with Crippen molar-refractivity contribution in [3.05, 3.63) is 65.2 Å². The van der Waals surface area contributed by atoms with Crippen LogP contribution in [0.25, 0.3) is 5.76 Å². The number of amides is 1. The van der Waals surface area contributed by atoms with Gasteiger partial charge in [0.25, 0.3) is 11.7 Å². The largest absolute Gasteiger partial charge is 0.507 e. The Morgan fingerprint density at radius 3 is 2.48 bits per heavy atom. The number of ether oxygens (including phenoxy) is 1. The number of Topliss-reactive ketones (excluding diaryl/α,β-unsaturated/α-hetero) is 1. The minimum Gasteiger partial charge on any atom is -0.507 e. The molecule has 0 saturated carbocycles. The van der Waals surface area contributed by atoms with Crippen LogP contribution >= 0.6 is 0 Å². The molecule has 1 aliphatic rings. The number of methoxy groups -OCH3 is 1. The second-order valence-electron chi connectivity index (χ2n) is 6.01. The number of phenols is 1. The van der Waals surface area contributed by atoms with Crippen molar-refractivity contribution in [3.63, 3.8) is 0 Å². The first-order valence-electron chi connectivity index (χ1n) is 8.31. The number of rotatable bonds is 5. The number of aromatic hydroxyl groups is 1. The van der Waals surface area contributed by atoms with E-state index in [-0.39, 0.29) is 36.0 Å². The summed E-state index contributed by atoms with van der Waals surface area (Å²) in [6, 6.07) is 11.9. The Morgan fingerprint density at radius 2 is 1.85 bits per heavy atom. The highest BCUT2D eigenvalue weighted by Crippen LogP contribution is 2.41. The van der Waals surface area contributed by atoms with Gasteiger partial charge in [0, 0.05) is 12.1 Å². The topological polar surface area (TPSA) is 107 Å². The minimum absolute atomic E-state index is 0.0765. The Morgan fingerprint density at radius 1 is 1.15 bits per heavy atom. The lowest BCUT2D eigenvalue weighted by atomic mass is 9.95. The van der Waals surface area contributed by atoms with Crippen LogP contribution in [0.4, 0.5) is 0 Å². The number of phenolic OH excluding ortho intramolecular Hbond substituents is 1. The molecule has 7 heteroatoms. The molecule has 0 bridgehead atoms. The lowest BCUT2D eigenvalue weighted by Gasteiger charge is -2.25. The molecule has 1 fully saturated rings. The van der Waals surface area contributed by atoms with E-state index in [9.17, 15) is 24.9 Å². The Labute approximate surface area is 155 Å². The summed E-state index contributed by atoms with van der Waals surface area (Å²) in [7, 11) is 1.38. The third-order valence-corrected chi connectivity index (χ3v) is 4.45. The molecule has 0 unspecified atom stereocenters. The maximum Gasteiger partial charge on any atom is 0.295 e. The molecule has 1 atom stereocenters. The molecule has 0 radical (unpaired) electrons. The van der Waals surface area contributed by atoms with Gasteiger partial charge in [-0.3, -0.25) is 9.59 Å². The number of aliphatic hydroxyl groups is 2. The molecular formula is C20H19NO6.